The van der Waals surface area contributed by atoms with Gasteiger partial charge in [-0.1, -0.05) is 0 Å². The third kappa shape index (κ3) is 5.71. The van der Waals surface area contributed by atoms with E-state index in [4.69, 9.17) is 0 Å². The van der Waals surface area contributed by atoms with Gasteiger partial charge in [-0.15, -0.1) is 11.3 Å². The molecule has 1 aromatic heterocycles. The van der Waals surface area contributed by atoms with Crippen LogP contribution in [0, 0.1) is 0 Å². The van der Waals surface area contributed by atoms with Crippen LogP contribution in [0.2, 0.25) is 0 Å². The normalized spacial score (nSPS) is 12.0. The van der Waals surface area contributed by atoms with Gasteiger partial charge in [-0.2, -0.15) is 26.3 Å². The van der Waals surface area contributed by atoms with Gasteiger partial charge in [0.2, 0.25) is 5.91 Å². The Balaban J connectivity index is 2.17. The topological polar surface area (TPSA) is 49.4 Å². The lowest BCUT2D eigenvalue weighted by atomic mass is 10.1. The maximum atomic E-state index is 12.8. The molecule has 2 rings (SSSR count). The van der Waals surface area contributed by atoms with Gasteiger partial charge in [0.15, 0.2) is 0 Å². The lowest BCUT2D eigenvalue weighted by molar-refractivity contribution is -0.143. The van der Waals surface area contributed by atoms with Gasteiger partial charge in [-0.05, 0) is 46.3 Å². The van der Waals surface area contributed by atoms with E-state index in [1.54, 1.807) is 6.07 Å². The molecule has 28 heavy (non-hydrogen) atoms. The van der Waals surface area contributed by atoms with Crippen LogP contribution in [0.5, 0.6) is 0 Å². The highest BCUT2D eigenvalue weighted by atomic mass is 79.9. The molecule has 1 aromatic carbocycles. The number of carbonyl (C=O) groups excluding carboxylic acids is 2. The number of nitrogens with one attached hydrogen (secondary N) is 1. The Hall–Kier alpha value is -2.08. The van der Waals surface area contributed by atoms with Crippen LogP contribution in [-0.2, 0) is 17.1 Å². The van der Waals surface area contributed by atoms with E-state index in [-0.39, 0.29) is 6.07 Å². The fraction of sp³-hybridized carbons (Fsp3) is 0.250. The van der Waals surface area contributed by atoms with E-state index in [9.17, 15) is 35.9 Å². The summed E-state index contributed by atoms with van der Waals surface area (Å²) >= 11 is 4.28. The summed E-state index contributed by atoms with van der Waals surface area (Å²) in [6.07, 6.45) is -10.1. The van der Waals surface area contributed by atoms with Crippen molar-refractivity contribution in [3.63, 3.8) is 0 Å². The molecule has 12 heteroatoms. The van der Waals surface area contributed by atoms with Crippen molar-refractivity contribution in [2.45, 2.75) is 12.4 Å². The first kappa shape index (κ1) is 22.2. The Kier molecular flexibility index (Phi) is 6.44. The Bertz CT molecular complexity index is 862. The van der Waals surface area contributed by atoms with Crippen LogP contribution < -0.4 is 5.32 Å². The third-order valence-corrected chi connectivity index (χ3v) is 4.99. The van der Waals surface area contributed by atoms with Gasteiger partial charge >= 0.3 is 12.4 Å². The lowest BCUT2D eigenvalue weighted by Crippen LogP contribution is -2.34. The number of hydrogen-bond acceptors (Lipinski definition) is 3. The second-order valence-corrected chi connectivity index (χ2v) is 8.07. The van der Waals surface area contributed by atoms with Crippen molar-refractivity contribution in [2.24, 2.45) is 0 Å². The molecular weight excluding hydrogens is 478 g/mol. The molecule has 0 aliphatic heterocycles. The van der Waals surface area contributed by atoms with Crippen LogP contribution in [-0.4, -0.2) is 30.3 Å². The molecule has 0 radical (unpaired) electrons. The zero-order chi connectivity index (χ0) is 21.3. The summed E-state index contributed by atoms with van der Waals surface area (Å²) in [6.45, 7) is -0.564. The van der Waals surface area contributed by atoms with E-state index in [2.05, 4.69) is 15.9 Å². The highest BCUT2D eigenvalue weighted by Crippen LogP contribution is 2.37. The Morgan fingerprint density at radius 2 is 1.57 bits per heavy atom. The quantitative estimate of drug-likeness (QED) is 0.596. The van der Waals surface area contributed by atoms with Gasteiger partial charge in [0.1, 0.15) is 0 Å². The smallest absolute Gasteiger partial charge is 0.332 e. The van der Waals surface area contributed by atoms with E-state index in [0.717, 1.165) is 16.2 Å². The molecule has 1 heterocycles. The first-order valence-electron chi connectivity index (χ1n) is 7.37. The number of likely N-dealkylation sites (N-methyl/N-ethyl adjacent to an activating group) is 1. The van der Waals surface area contributed by atoms with Crippen molar-refractivity contribution < 1.29 is 35.9 Å². The predicted octanol–water partition coefficient (Wildman–Crippen LogP) is 5.26. The Morgan fingerprint density at radius 3 is 2.00 bits per heavy atom. The number of rotatable bonds is 4. The van der Waals surface area contributed by atoms with Crippen molar-refractivity contribution in [3.8, 4) is 0 Å². The Labute approximate surface area is 167 Å². The second-order valence-electron chi connectivity index (χ2n) is 5.61. The number of nitrogens with zero attached hydrogens (tertiary/aromatic N) is 1. The molecule has 0 aliphatic carbocycles. The van der Waals surface area contributed by atoms with E-state index in [1.165, 1.54) is 13.1 Å². The van der Waals surface area contributed by atoms with E-state index in [0.29, 0.717) is 20.8 Å². The minimum absolute atomic E-state index is 0.0417. The lowest BCUT2D eigenvalue weighted by Gasteiger charge is -2.17. The molecule has 0 aliphatic rings. The van der Waals surface area contributed by atoms with Gasteiger partial charge in [0.05, 0.1) is 26.3 Å². The number of amides is 2. The molecule has 0 spiro atoms. The first-order chi connectivity index (χ1) is 12.8. The largest absolute Gasteiger partial charge is 0.416 e. The van der Waals surface area contributed by atoms with Crippen LogP contribution in [0.25, 0.3) is 0 Å². The summed E-state index contributed by atoms with van der Waals surface area (Å²) in [4.78, 5) is 25.5. The van der Waals surface area contributed by atoms with E-state index < -0.39 is 47.5 Å². The van der Waals surface area contributed by atoms with E-state index >= 15 is 0 Å². The standard InChI is InChI=1S/C16H11BrF6N2O2S/c1-25(14(27)11-2-3-12(17)28-11)7-13(26)24-10-5-8(15(18,19)20)4-9(6-10)16(21,22)23/h2-6H,7H2,1H3,(H,24,26). The average molecular weight is 489 g/mol. The fourth-order valence-corrected chi connectivity index (χ4v) is 3.51. The van der Waals surface area contributed by atoms with Gasteiger partial charge in [0.25, 0.3) is 5.91 Å². The maximum absolute atomic E-state index is 12.8. The molecule has 0 fully saturated rings. The molecule has 1 N–H and O–H groups in total. The van der Waals surface area contributed by atoms with Crippen LogP contribution in [0.15, 0.2) is 34.1 Å². The number of benzene rings is 1. The number of hydrogen-bond donors (Lipinski definition) is 1. The maximum Gasteiger partial charge on any atom is 0.416 e. The summed E-state index contributed by atoms with van der Waals surface area (Å²) in [6, 6.07) is 3.87. The summed E-state index contributed by atoms with van der Waals surface area (Å²) in [5.74, 6) is -1.47. The summed E-state index contributed by atoms with van der Waals surface area (Å²) in [5, 5.41) is 1.97. The summed E-state index contributed by atoms with van der Waals surface area (Å²) in [7, 11) is 1.28. The Morgan fingerprint density at radius 1 is 1.04 bits per heavy atom. The van der Waals surface area contributed by atoms with E-state index in [1.807, 2.05) is 5.32 Å². The molecule has 0 saturated heterocycles. The molecule has 2 amide bonds. The van der Waals surface area contributed by atoms with Crippen molar-refractivity contribution in [1.29, 1.82) is 0 Å². The second kappa shape index (κ2) is 8.11. The molecule has 2 aromatic rings. The molecule has 0 atom stereocenters. The molecule has 4 nitrogen and oxygen atoms in total. The van der Waals surface area contributed by atoms with Crippen LogP contribution in [0.4, 0.5) is 32.0 Å². The highest BCUT2D eigenvalue weighted by molar-refractivity contribution is 9.11. The van der Waals surface area contributed by atoms with Crippen LogP contribution in [0.1, 0.15) is 20.8 Å². The minimum Gasteiger partial charge on any atom is -0.332 e. The molecule has 0 bridgehead atoms. The number of thiophene rings is 1. The van der Waals surface area contributed by atoms with Crippen LogP contribution >= 0.6 is 27.3 Å². The van der Waals surface area contributed by atoms with Crippen molar-refractivity contribution in [2.75, 3.05) is 18.9 Å². The average Bonchev–Trinajstić information content (AvgIpc) is 2.98. The van der Waals surface area contributed by atoms with Gasteiger partial charge in [-0.3, -0.25) is 9.59 Å². The van der Waals surface area contributed by atoms with Gasteiger partial charge < -0.3 is 10.2 Å². The van der Waals surface area contributed by atoms with Crippen molar-refractivity contribution in [3.05, 3.63) is 50.1 Å². The van der Waals surface area contributed by atoms with Crippen molar-refractivity contribution >= 4 is 44.8 Å². The molecule has 0 saturated carbocycles. The highest BCUT2D eigenvalue weighted by Gasteiger charge is 2.37. The third-order valence-electron chi connectivity index (χ3n) is 3.38. The monoisotopic (exact) mass is 488 g/mol. The zero-order valence-corrected chi connectivity index (χ0v) is 16.3. The van der Waals surface area contributed by atoms with Gasteiger partial charge in [0, 0.05) is 12.7 Å². The zero-order valence-electron chi connectivity index (χ0n) is 13.9. The molecule has 152 valence electrons. The fourth-order valence-electron chi connectivity index (χ4n) is 2.13. The number of alkyl halides is 6. The number of anilines is 1. The first-order valence-corrected chi connectivity index (χ1v) is 8.98. The molecule has 0 unspecified atom stereocenters. The van der Waals surface area contributed by atoms with Crippen LogP contribution in [0.3, 0.4) is 0 Å². The van der Waals surface area contributed by atoms with Gasteiger partial charge in [-0.25, -0.2) is 0 Å². The molecular formula is C16H11BrF6N2O2S. The summed E-state index contributed by atoms with van der Waals surface area (Å²) < 4.78 is 77.7. The minimum atomic E-state index is -5.03. The number of halogens is 7. The predicted molar refractivity (Wildman–Crippen MR) is 94.1 cm³/mol. The number of carbonyl (C=O) groups is 2. The van der Waals surface area contributed by atoms with Crippen molar-refractivity contribution in [1.82, 2.24) is 4.90 Å². The SMILES string of the molecule is CN(CC(=O)Nc1cc(C(F)(F)F)cc(C(F)(F)F)c1)C(=O)c1ccc(Br)s1. The summed E-state index contributed by atoms with van der Waals surface area (Å²) in [5.41, 5.74) is -3.78.